The fourth-order valence-electron chi connectivity index (χ4n) is 0.901. The van der Waals surface area contributed by atoms with Gasteiger partial charge in [-0.15, -0.1) is 12.4 Å². The number of aliphatic hydroxyl groups excluding tert-OH is 1. The van der Waals surface area contributed by atoms with E-state index in [2.05, 4.69) is 0 Å². The van der Waals surface area contributed by atoms with Gasteiger partial charge in [0, 0.05) is 10.6 Å². The first-order valence-electron chi connectivity index (χ1n) is 3.46. The van der Waals surface area contributed by atoms with Crippen LogP contribution in [0.25, 0.3) is 0 Å². The van der Waals surface area contributed by atoms with Gasteiger partial charge in [0.25, 0.3) is 0 Å². The number of hydrogen-bond donors (Lipinski definition) is 2. The highest BCUT2D eigenvalue weighted by Crippen LogP contribution is 2.18. The zero-order valence-corrected chi connectivity index (χ0v) is 8.28. The van der Waals surface area contributed by atoms with Crippen LogP contribution in [0.5, 0.6) is 0 Å². The Morgan fingerprint density at radius 3 is 2.62 bits per heavy atom. The van der Waals surface area contributed by atoms with E-state index < -0.39 is 11.9 Å². The molecule has 0 aliphatic carbocycles. The molecule has 2 nitrogen and oxygen atoms in total. The lowest BCUT2D eigenvalue weighted by Crippen LogP contribution is -2.15. The summed E-state index contributed by atoms with van der Waals surface area (Å²) in [5.74, 6) is -0.482. The van der Waals surface area contributed by atoms with Crippen molar-refractivity contribution in [2.24, 2.45) is 5.73 Å². The fourth-order valence-corrected chi connectivity index (χ4v) is 1.06. The number of nitrogens with two attached hydrogens (primary N) is 1. The summed E-state index contributed by atoms with van der Waals surface area (Å²) in [5.41, 5.74) is 5.69. The second kappa shape index (κ2) is 5.40. The van der Waals surface area contributed by atoms with E-state index in [0.717, 1.165) is 0 Å². The molecule has 0 aliphatic heterocycles. The molecule has 0 saturated carbocycles. The molecule has 1 rings (SSSR count). The summed E-state index contributed by atoms with van der Waals surface area (Å²) in [6.45, 7) is -0.279. The third kappa shape index (κ3) is 3.12. The minimum absolute atomic E-state index is 0. The highest BCUT2D eigenvalue weighted by molar-refractivity contribution is 6.30. The van der Waals surface area contributed by atoms with Crippen molar-refractivity contribution >= 4 is 24.0 Å². The van der Waals surface area contributed by atoms with Crippen LogP contribution in [0.3, 0.4) is 0 Å². The number of halogens is 3. The molecule has 0 aromatic heterocycles. The fraction of sp³-hybridized carbons (Fsp3) is 0.250. The van der Waals surface area contributed by atoms with Crippen LogP contribution in [-0.4, -0.2) is 11.7 Å². The summed E-state index contributed by atoms with van der Waals surface area (Å²) >= 11 is 5.52. The van der Waals surface area contributed by atoms with Crippen LogP contribution in [0.1, 0.15) is 11.6 Å². The van der Waals surface area contributed by atoms with Gasteiger partial charge in [-0.25, -0.2) is 4.39 Å². The molecule has 0 heterocycles. The predicted octanol–water partition coefficient (Wildman–Crippen LogP) is 1.89. The number of benzene rings is 1. The van der Waals surface area contributed by atoms with Gasteiger partial charge in [0.2, 0.25) is 0 Å². The highest BCUT2D eigenvalue weighted by Gasteiger charge is 2.09. The van der Waals surface area contributed by atoms with Crippen molar-refractivity contribution in [3.05, 3.63) is 34.6 Å². The lowest BCUT2D eigenvalue weighted by Gasteiger charge is -2.09. The van der Waals surface area contributed by atoms with Crippen molar-refractivity contribution < 1.29 is 9.50 Å². The molecule has 5 heteroatoms. The second-order valence-corrected chi connectivity index (χ2v) is 2.89. The smallest absolute Gasteiger partial charge is 0.129 e. The maximum absolute atomic E-state index is 13.0. The summed E-state index contributed by atoms with van der Waals surface area (Å²) in [6.07, 6.45) is 0. The average molecular weight is 226 g/mol. The molecule has 0 unspecified atom stereocenters. The summed E-state index contributed by atoms with van der Waals surface area (Å²) in [4.78, 5) is 0. The van der Waals surface area contributed by atoms with Gasteiger partial charge in [-0.1, -0.05) is 17.7 Å². The largest absolute Gasteiger partial charge is 0.394 e. The minimum Gasteiger partial charge on any atom is -0.394 e. The average Bonchev–Trinajstić information content (AvgIpc) is 2.03. The van der Waals surface area contributed by atoms with Gasteiger partial charge in [-0.2, -0.15) is 0 Å². The van der Waals surface area contributed by atoms with E-state index in [1.165, 1.54) is 18.2 Å². The van der Waals surface area contributed by atoms with Crippen molar-refractivity contribution in [2.75, 3.05) is 6.61 Å². The van der Waals surface area contributed by atoms with Crippen LogP contribution in [0.2, 0.25) is 5.02 Å². The van der Waals surface area contributed by atoms with Gasteiger partial charge in [-0.3, -0.25) is 0 Å². The quantitative estimate of drug-likeness (QED) is 0.808. The Kier molecular flexibility index (Phi) is 5.25. The van der Waals surface area contributed by atoms with Crippen LogP contribution in [0.15, 0.2) is 18.2 Å². The summed E-state index contributed by atoms with van der Waals surface area (Å²) in [6, 6.07) is 3.50. The molecule has 1 aromatic carbocycles. The second-order valence-electron chi connectivity index (χ2n) is 2.45. The number of hydrogen-bond acceptors (Lipinski definition) is 2. The molecule has 3 N–H and O–H groups in total. The Bertz CT molecular complexity index is 283. The molecular weight excluding hydrogens is 216 g/mol. The summed E-state index contributed by atoms with van der Waals surface area (Å²) < 4.78 is 13.0. The number of aliphatic hydroxyl groups is 1. The molecule has 13 heavy (non-hydrogen) atoms. The Balaban J connectivity index is 0.00000144. The molecule has 0 aliphatic rings. The van der Waals surface area contributed by atoms with E-state index in [-0.39, 0.29) is 24.6 Å². The van der Waals surface area contributed by atoms with Gasteiger partial charge in [0.1, 0.15) is 5.82 Å². The van der Waals surface area contributed by atoms with Gasteiger partial charge in [0.05, 0.1) is 12.6 Å². The van der Waals surface area contributed by atoms with Crippen LogP contribution in [0.4, 0.5) is 4.39 Å². The summed E-state index contributed by atoms with van der Waals surface area (Å²) in [5, 5.41) is 8.98. The lowest BCUT2D eigenvalue weighted by atomic mass is 10.1. The first-order chi connectivity index (χ1) is 5.65. The van der Waals surface area contributed by atoms with Crippen molar-refractivity contribution in [3.8, 4) is 0 Å². The molecule has 0 fully saturated rings. The molecule has 0 saturated heterocycles. The summed E-state index contributed by atoms with van der Waals surface area (Å²) in [7, 11) is 0. The highest BCUT2D eigenvalue weighted by atomic mass is 35.5. The third-order valence-corrected chi connectivity index (χ3v) is 1.79. The van der Waals surface area contributed by atoms with Gasteiger partial charge in [-0.05, 0) is 12.1 Å². The Morgan fingerprint density at radius 1 is 1.54 bits per heavy atom. The Morgan fingerprint density at radius 2 is 2.15 bits per heavy atom. The monoisotopic (exact) mass is 225 g/mol. The Labute approximate surface area is 86.9 Å². The number of rotatable bonds is 2. The van der Waals surface area contributed by atoms with Crippen molar-refractivity contribution in [1.82, 2.24) is 0 Å². The van der Waals surface area contributed by atoms with E-state index in [1.54, 1.807) is 0 Å². The van der Waals surface area contributed by atoms with Crippen LogP contribution in [-0.2, 0) is 0 Å². The van der Waals surface area contributed by atoms with Crippen molar-refractivity contribution in [3.63, 3.8) is 0 Å². The van der Waals surface area contributed by atoms with Crippen molar-refractivity contribution in [2.45, 2.75) is 6.04 Å². The molecule has 0 spiro atoms. The maximum Gasteiger partial charge on any atom is 0.129 e. The molecule has 74 valence electrons. The maximum atomic E-state index is 13.0. The van der Waals surface area contributed by atoms with Gasteiger partial charge >= 0.3 is 0 Å². The van der Waals surface area contributed by atoms with E-state index in [9.17, 15) is 4.39 Å². The molecule has 0 amide bonds. The molecule has 0 bridgehead atoms. The van der Waals surface area contributed by atoms with Crippen LogP contribution >= 0.6 is 24.0 Å². The minimum atomic E-state index is -0.678. The molecule has 1 aromatic rings. The Hall–Kier alpha value is -0.350. The molecule has 1 atom stereocenters. The van der Waals surface area contributed by atoms with Crippen LogP contribution in [0, 0.1) is 5.82 Å². The van der Waals surface area contributed by atoms with E-state index in [4.69, 9.17) is 22.4 Å². The first-order valence-corrected chi connectivity index (χ1v) is 3.84. The topological polar surface area (TPSA) is 46.2 Å². The van der Waals surface area contributed by atoms with Gasteiger partial charge < -0.3 is 10.8 Å². The first kappa shape index (κ1) is 12.7. The third-order valence-electron chi connectivity index (χ3n) is 1.56. The van der Waals surface area contributed by atoms with Gasteiger partial charge in [0.15, 0.2) is 0 Å². The zero-order valence-electron chi connectivity index (χ0n) is 6.71. The SMILES string of the molecule is Cl.N[C@@H](CO)c1ccc(Cl)cc1F. The van der Waals surface area contributed by atoms with Crippen LogP contribution < -0.4 is 5.73 Å². The molecular formula is C8H10Cl2FNO. The standard InChI is InChI=1S/C8H9ClFNO.ClH/c9-5-1-2-6(7(10)3-5)8(11)4-12;/h1-3,8,12H,4,11H2;1H/t8-;/m0./s1. The van der Waals surface area contributed by atoms with E-state index in [0.29, 0.717) is 5.02 Å². The zero-order chi connectivity index (χ0) is 9.14. The molecule has 0 radical (unpaired) electrons. The van der Waals surface area contributed by atoms with Crippen molar-refractivity contribution in [1.29, 1.82) is 0 Å². The van der Waals surface area contributed by atoms with E-state index >= 15 is 0 Å². The van der Waals surface area contributed by atoms with E-state index in [1.807, 2.05) is 0 Å². The lowest BCUT2D eigenvalue weighted by molar-refractivity contribution is 0.265. The predicted molar refractivity (Wildman–Crippen MR) is 52.7 cm³/mol. The normalized spacial score (nSPS) is 12.0.